The third kappa shape index (κ3) is 8.05. The van der Waals surface area contributed by atoms with Gasteiger partial charge in [-0.05, 0) is 61.4 Å². The van der Waals surface area contributed by atoms with Gasteiger partial charge in [-0.2, -0.15) is 0 Å². The third-order valence-electron chi connectivity index (χ3n) is 4.61. The van der Waals surface area contributed by atoms with Crippen molar-refractivity contribution < 1.29 is 13.7 Å². The van der Waals surface area contributed by atoms with E-state index in [2.05, 4.69) is 13.8 Å². The first kappa shape index (κ1) is 22.5. The molecule has 0 unspecified atom stereocenters. The standard InChI is InChI=1S/C24H34O3S/c1-3-5-7-9-19-26-21-11-15-23(16-12-21)28(25)24-17-13-22(14-18-24)27-20-10-8-6-4-2/h11-18H,3-10,19-20H2,1-2H3. The Balaban J connectivity index is 1.80. The Hall–Kier alpha value is -1.81. The highest BCUT2D eigenvalue weighted by Gasteiger charge is 2.08. The van der Waals surface area contributed by atoms with Crippen LogP contribution < -0.4 is 9.47 Å². The molecule has 2 rings (SSSR count). The zero-order chi connectivity index (χ0) is 20.0. The first-order valence-electron chi connectivity index (χ1n) is 10.6. The summed E-state index contributed by atoms with van der Waals surface area (Å²) >= 11 is 0. The molecular formula is C24H34O3S. The van der Waals surface area contributed by atoms with Gasteiger partial charge in [0.05, 0.1) is 24.0 Å². The molecule has 0 heterocycles. The molecule has 0 atom stereocenters. The minimum absolute atomic E-state index is 0.738. The monoisotopic (exact) mass is 402 g/mol. The first-order valence-corrected chi connectivity index (χ1v) is 11.8. The van der Waals surface area contributed by atoms with Crippen LogP contribution in [0.15, 0.2) is 58.3 Å². The summed E-state index contributed by atoms with van der Waals surface area (Å²) in [6.45, 7) is 5.88. The Labute approximate surface area is 172 Å². The van der Waals surface area contributed by atoms with Crippen LogP contribution in [0.25, 0.3) is 0 Å². The minimum atomic E-state index is -1.19. The van der Waals surface area contributed by atoms with E-state index in [-0.39, 0.29) is 0 Å². The lowest BCUT2D eigenvalue weighted by molar-refractivity contribution is 0.305. The average molecular weight is 403 g/mol. The van der Waals surface area contributed by atoms with Crippen molar-refractivity contribution >= 4 is 10.8 Å². The van der Waals surface area contributed by atoms with Crippen molar-refractivity contribution in [2.75, 3.05) is 13.2 Å². The van der Waals surface area contributed by atoms with E-state index in [1.54, 1.807) is 0 Å². The lowest BCUT2D eigenvalue weighted by Gasteiger charge is -2.09. The molecule has 0 bridgehead atoms. The molecule has 0 N–H and O–H groups in total. The minimum Gasteiger partial charge on any atom is -0.494 e. The summed E-state index contributed by atoms with van der Waals surface area (Å²) in [5.41, 5.74) is 0. The van der Waals surface area contributed by atoms with Crippen molar-refractivity contribution in [3.8, 4) is 11.5 Å². The molecule has 0 fully saturated rings. The maximum atomic E-state index is 12.8. The van der Waals surface area contributed by atoms with Crippen molar-refractivity contribution in [2.45, 2.75) is 75.0 Å². The van der Waals surface area contributed by atoms with Crippen LogP contribution in [0, 0.1) is 0 Å². The van der Waals surface area contributed by atoms with Gasteiger partial charge in [0.1, 0.15) is 11.5 Å². The Morgan fingerprint density at radius 2 is 1.00 bits per heavy atom. The van der Waals surface area contributed by atoms with Gasteiger partial charge in [0.2, 0.25) is 0 Å². The molecule has 0 aliphatic carbocycles. The number of hydrogen-bond donors (Lipinski definition) is 0. The van der Waals surface area contributed by atoms with Crippen molar-refractivity contribution in [1.29, 1.82) is 0 Å². The summed E-state index contributed by atoms with van der Waals surface area (Å²) in [7, 11) is -1.19. The van der Waals surface area contributed by atoms with Gasteiger partial charge in [0.25, 0.3) is 0 Å². The molecule has 4 heteroatoms. The van der Waals surface area contributed by atoms with Crippen LogP contribution >= 0.6 is 0 Å². The highest BCUT2D eigenvalue weighted by Crippen LogP contribution is 2.22. The van der Waals surface area contributed by atoms with Gasteiger partial charge >= 0.3 is 0 Å². The summed E-state index contributed by atoms with van der Waals surface area (Å²) in [6, 6.07) is 15.2. The molecule has 2 aromatic carbocycles. The van der Waals surface area contributed by atoms with Crippen LogP contribution in [0.3, 0.4) is 0 Å². The molecule has 3 nitrogen and oxygen atoms in total. The van der Waals surface area contributed by atoms with E-state index in [9.17, 15) is 4.21 Å². The fourth-order valence-corrected chi connectivity index (χ4v) is 3.93. The topological polar surface area (TPSA) is 35.5 Å². The van der Waals surface area contributed by atoms with E-state index in [0.29, 0.717) is 0 Å². The maximum Gasteiger partial charge on any atom is 0.119 e. The molecule has 0 saturated heterocycles. The third-order valence-corrected chi connectivity index (χ3v) is 6.01. The molecule has 28 heavy (non-hydrogen) atoms. The van der Waals surface area contributed by atoms with Crippen LogP contribution in [0.5, 0.6) is 11.5 Å². The first-order chi connectivity index (χ1) is 13.7. The SMILES string of the molecule is CCCCCCOc1ccc(S(=O)c2ccc(OCCCCCC)cc2)cc1. The molecule has 154 valence electrons. The highest BCUT2D eigenvalue weighted by atomic mass is 32.2. The predicted molar refractivity (Wildman–Crippen MR) is 117 cm³/mol. The summed E-state index contributed by atoms with van der Waals surface area (Å²) in [6.07, 6.45) is 9.53. The van der Waals surface area contributed by atoms with E-state index in [1.165, 1.54) is 38.5 Å². The van der Waals surface area contributed by atoms with E-state index < -0.39 is 10.8 Å². The Morgan fingerprint density at radius 3 is 1.36 bits per heavy atom. The van der Waals surface area contributed by atoms with E-state index in [4.69, 9.17) is 9.47 Å². The molecule has 0 saturated carbocycles. The average Bonchev–Trinajstić information content (AvgIpc) is 2.74. The summed E-state index contributed by atoms with van der Waals surface area (Å²) in [4.78, 5) is 1.57. The lowest BCUT2D eigenvalue weighted by atomic mass is 10.2. The van der Waals surface area contributed by atoms with Gasteiger partial charge in [-0.3, -0.25) is 0 Å². The Kier molecular flexibility index (Phi) is 10.7. The smallest absolute Gasteiger partial charge is 0.119 e. The second kappa shape index (κ2) is 13.4. The molecule has 2 aromatic rings. The predicted octanol–water partition coefficient (Wildman–Crippen LogP) is 6.77. The normalized spacial score (nSPS) is 11.0. The molecule has 0 aliphatic heterocycles. The number of hydrogen-bond acceptors (Lipinski definition) is 3. The molecule has 0 aliphatic rings. The molecular weight excluding hydrogens is 368 g/mol. The van der Waals surface area contributed by atoms with Crippen LogP contribution in [0.1, 0.15) is 65.2 Å². The van der Waals surface area contributed by atoms with Crippen molar-refractivity contribution in [1.82, 2.24) is 0 Å². The maximum absolute atomic E-state index is 12.8. The van der Waals surface area contributed by atoms with Gasteiger partial charge in [-0.1, -0.05) is 52.4 Å². The number of benzene rings is 2. The molecule has 0 aromatic heterocycles. The summed E-state index contributed by atoms with van der Waals surface area (Å²) in [5.74, 6) is 1.67. The second-order valence-electron chi connectivity index (χ2n) is 7.03. The van der Waals surface area contributed by atoms with Crippen LogP contribution in [-0.2, 0) is 10.8 Å². The van der Waals surface area contributed by atoms with Crippen molar-refractivity contribution in [2.24, 2.45) is 0 Å². The molecule has 0 amide bonds. The lowest BCUT2D eigenvalue weighted by Crippen LogP contribution is -1.99. The van der Waals surface area contributed by atoms with Gasteiger partial charge in [0.15, 0.2) is 0 Å². The van der Waals surface area contributed by atoms with Crippen molar-refractivity contribution in [3.05, 3.63) is 48.5 Å². The van der Waals surface area contributed by atoms with Crippen LogP contribution in [0.4, 0.5) is 0 Å². The van der Waals surface area contributed by atoms with Gasteiger partial charge in [-0.25, -0.2) is 4.21 Å². The van der Waals surface area contributed by atoms with Gasteiger partial charge < -0.3 is 9.47 Å². The largest absolute Gasteiger partial charge is 0.494 e. The van der Waals surface area contributed by atoms with E-state index in [0.717, 1.165) is 47.3 Å². The quantitative estimate of drug-likeness (QED) is 0.327. The second-order valence-corrected chi connectivity index (χ2v) is 8.51. The van der Waals surface area contributed by atoms with Gasteiger partial charge in [-0.15, -0.1) is 0 Å². The molecule has 0 spiro atoms. The Morgan fingerprint density at radius 1 is 0.607 bits per heavy atom. The summed E-state index contributed by atoms with van der Waals surface area (Å²) < 4.78 is 24.3. The van der Waals surface area contributed by atoms with Crippen LogP contribution in [0.2, 0.25) is 0 Å². The van der Waals surface area contributed by atoms with Gasteiger partial charge in [0, 0.05) is 9.79 Å². The highest BCUT2D eigenvalue weighted by molar-refractivity contribution is 7.85. The Bertz CT molecular complexity index is 621. The summed E-state index contributed by atoms with van der Waals surface area (Å²) in [5, 5.41) is 0. The zero-order valence-electron chi connectivity index (χ0n) is 17.3. The van der Waals surface area contributed by atoms with Crippen LogP contribution in [-0.4, -0.2) is 17.4 Å². The van der Waals surface area contributed by atoms with E-state index >= 15 is 0 Å². The number of rotatable bonds is 14. The zero-order valence-corrected chi connectivity index (χ0v) is 18.1. The van der Waals surface area contributed by atoms with Crippen molar-refractivity contribution in [3.63, 3.8) is 0 Å². The fraction of sp³-hybridized carbons (Fsp3) is 0.500. The number of unbranched alkanes of at least 4 members (excludes halogenated alkanes) is 6. The molecule has 0 radical (unpaired) electrons. The van der Waals surface area contributed by atoms with E-state index in [1.807, 2.05) is 48.5 Å². The fourth-order valence-electron chi connectivity index (χ4n) is 2.89. The number of ether oxygens (including phenoxy) is 2.